The summed E-state index contributed by atoms with van der Waals surface area (Å²) in [5.41, 5.74) is 0. The van der Waals surface area contributed by atoms with Gasteiger partial charge in [0.1, 0.15) is 0 Å². The maximum atomic E-state index is 5.97. The van der Waals surface area contributed by atoms with Gasteiger partial charge >= 0.3 is 0 Å². The Morgan fingerprint density at radius 2 is 1.04 bits per heavy atom. The van der Waals surface area contributed by atoms with E-state index in [0.29, 0.717) is 12.2 Å². The topological polar surface area (TPSA) is 18.5 Å². The standard InChI is InChI=1S/C16H38O2S4Si2/c1-5-15(6-2)17-23-13-9-11-19-21-22-20-12-10-14-24-18-16(7-3)8-4/h15-16H,5-14,23-24H2,1-4H3. The molecule has 0 aromatic heterocycles. The maximum Gasteiger partial charge on any atom is 0.162 e. The molecule has 8 heteroatoms. The summed E-state index contributed by atoms with van der Waals surface area (Å²) in [6.07, 6.45) is 8.43. The first-order chi connectivity index (χ1) is 11.8. The SMILES string of the molecule is CCC(CC)O[SiH2]CCCSSSSCCC[SiH2]OC(CC)CC. The molecule has 0 aliphatic carbocycles. The van der Waals surface area contributed by atoms with Gasteiger partial charge in [0.15, 0.2) is 19.5 Å². The van der Waals surface area contributed by atoms with E-state index in [1.54, 1.807) is 0 Å². The summed E-state index contributed by atoms with van der Waals surface area (Å²) in [7, 11) is 7.40. The molecule has 0 spiro atoms. The van der Waals surface area contributed by atoms with Crippen molar-refractivity contribution in [1.29, 1.82) is 0 Å². The second kappa shape index (κ2) is 21.1. The predicted molar refractivity (Wildman–Crippen MR) is 127 cm³/mol. The Kier molecular flexibility index (Phi) is 22.6. The van der Waals surface area contributed by atoms with Crippen LogP contribution >= 0.6 is 41.2 Å². The molecule has 0 saturated carbocycles. The molecule has 0 heterocycles. The fourth-order valence-electron chi connectivity index (χ4n) is 2.18. The van der Waals surface area contributed by atoms with Gasteiger partial charge in [0.25, 0.3) is 0 Å². The zero-order valence-corrected chi connectivity index (χ0v) is 22.2. The highest BCUT2D eigenvalue weighted by Crippen LogP contribution is 2.43. The molecule has 0 atom stereocenters. The summed E-state index contributed by atoms with van der Waals surface area (Å²) in [5.74, 6) is 2.54. The van der Waals surface area contributed by atoms with Crippen molar-refractivity contribution in [2.24, 2.45) is 0 Å². The van der Waals surface area contributed by atoms with Crippen LogP contribution in [0.15, 0.2) is 0 Å². The molecule has 0 bridgehead atoms. The summed E-state index contributed by atoms with van der Waals surface area (Å²) in [4.78, 5) is 0. The molecule has 0 rings (SSSR count). The fraction of sp³-hybridized carbons (Fsp3) is 1.00. The van der Waals surface area contributed by atoms with Gasteiger partial charge in [-0.25, -0.2) is 0 Å². The Hall–Kier alpha value is 1.75. The van der Waals surface area contributed by atoms with Gasteiger partial charge in [-0.15, -0.1) is 0 Å². The molecule has 0 aliphatic rings. The maximum absolute atomic E-state index is 5.97. The zero-order valence-electron chi connectivity index (χ0n) is 16.1. The van der Waals surface area contributed by atoms with Crippen molar-refractivity contribution < 1.29 is 8.85 Å². The molecular weight excluding hydrogens is 409 g/mol. The van der Waals surface area contributed by atoms with Gasteiger partial charge in [-0.1, -0.05) is 49.3 Å². The number of rotatable bonds is 19. The normalized spacial score (nSPS) is 12.8. The van der Waals surface area contributed by atoms with E-state index >= 15 is 0 Å². The minimum Gasteiger partial charge on any atom is -0.421 e. The second-order valence-electron chi connectivity index (χ2n) is 5.81. The van der Waals surface area contributed by atoms with Crippen LogP contribution in [0.4, 0.5) is 0 Å². The van der Waals surface area contributed by atoms with Crippen LogP contribution in [0.1, 0.15) is 66.2 Å². The van der Waals surface area contributed by atoms with E-state index < -0.39 is 0 Å². The van der Waals surface area contributed by atoms with E-state index in [1.807, 2.05) is 41.2 Å². The quantitative estimate of drug-likeness (QED) is 0.139. The van der Waals surface area contributed by atoms with E-state index in [0.717, 1.165) is 0 Å². The highest BCUT2D eigenvalue weighted by atomic mass is 33.7. The zero-order chi connectivity index (χ0) is 17.9. The molecular formula is C16H38O2S4Si2. The van der Waals surface area contributed by atoms with Gasteiger partial charge < -0.3 is 8.85 Å². The molecule has 0 fully saturated rings. The van der Waals surface area contributed by atoms with E-state index in [1.165, 1.54) is 62.1 Å². The molecule has 0 N–H and O–H groups in total. The van der Waals surface area contributed by atoms with Crippen molar-refractivity contribution in [3.63, 3.8) is 0 Å². The van der Waals surface area contributed by atoms with Crippen LogP contribution < -0.4 is 0 Å². The minimum absolute atomic E-state index is 0.266. The predicted octanol–water partition coefficient (Wildman–Crippen LogP) is 5.86. The van der Waals surface area contributed by atoms with Gasteiger partial charge in [-0.3, -0.25) is 0 Å². The highest BCUT2D eigenvalue weighted by Gasteiger charge is 2.03. The third kappa shape index (κ3) is 17.2. The average Bonchev–Trinajstić information content (AvgIpc) is 2.62. The molecule has 0 aromatic carbocycles. The first-order valence-electron chi connectivity index (χ1n) is 9.59. The van der Waals surface area contributed by atoms with Crippen molar-refractivity contribution in [2.45, 2.75) is 90.5 Å². The van der Waals surface area contributed by atoms with Crippen LogP contribution in [-0.2, 0) is 8.85 Å². The summed E-state index contributed by atoms with van der Waals surface area (Å²) >= 11 is 0. The molecule has 2 nitrogen and oxygen atoms in total. The van der Waals surface area contributed by atoms with Crippen LogP contribution in [-0.4, -0.2) is 43.2 Å². The molecule has 0 unspecified atom stereocenters. The molecule has 0 radical (unpaired) electrons. The van der Waals surface area contributed by atoms with Crippen molar-refractivity contribution in [3.05, 3.63) is 0 Å². The third-order valence-electron chi connectivity index (χ3n) is 3.90. The first kappa shape index (κ1) is 25.8. The highest BCUT2D eigenvalue weighted by molar-refractivity contribution is 9.26. The number of hydrogen-bond acceptors (Lipinski definition) is 6. The molecule has 0 amide bonds. The van der Waals surface area contributed by atoms with Crippen molar-refractivity contribution >= 4 is 60.8 Å². The molecule has 146 valence electrons. The summed E-state index contributed by atoms with van der Waals surface area (Å²) in [6, 6.07) is 2.67. The van der Waals surface area contributed by atoms with Crippen molar-refractivity contribution in [1.82, 2.24) is 0 Å². The Morgan fingerprint density at radius 3 is 1.38 bits per heavy atom. The summed E-state index contributed by atoms with van der Waals surface area (Å²) in [6.45, 7) is 8.91. The molecule has 0 aromatic rings. The Balaban J connectivity index is 3.12. The summed E-state index contributed by atoms with van der Waals surface area (Å²) in [5, 5.41) is 0. The first-order valence-corrected chi connectivity index (χ1v) is 17.9. The Bertz CT molecular complexity index is 222. The third-order valence-corrected chi connectivity index (χ3v) is 13.5. The largest absolute Gasteiger partial charge is 0.421 e. The minimum atomic E-state index is -0.266. The Labute approximate surface area is 171 Å². The van der Waals surface area contributed by atoms with Gasteiger partial charge in [0.2, 0.25) is 0 Å². The van der Waals surface area contributed by atoms with Crippen molar-refractivity contribution in [3.8, 4) is 0 Å². The average molecular weight is 447 g/mol. The lowest BCUT2D eigenvalue weighted by Crippen LogP contribution is -2.13. The fourth-order valence-corrected chi connectivity index (χ4v) is 12.0. The van der Waals surface area contributed by atoms with Crippen LogP contribution in [0.3, 0.4) is 0 Å². The lowest BCUT2D eigenvalue weighted by atomic mass is 10.2. The molecule has 0 aliphatic heterocycles. The van der Waals surface area contributed by atoms with Gasteiger partial charge in [-0.2, -0.15) is 0 Å². The lowest BCUT2D eigenvalue weighted by Gasteiger charge is -2.13. The van der Waals surface area contributed by atoms with Crippen LogP contribution in [0, 0.1) is 0 Å². The van der Waals surface area contributed by atoms with E-state index in [4.69, 9.17) is 8.85 Å². The smallest absolute Gasteiger partial charge is 0.162 e. The van der Waals surface area contributed by atoms with Gasteiger partial charge in [-0.05, 0) is 70.3 Å². The van der Waals surface area contributed by atoms with Crippen LogP contribution in [0.25, 0.3) is 0 Å². The lowest BCUT2D eigenvalue weighted by molar-refractivity contribution is 0.202. The van der Waals surface area contributed by atoms with Gasteiger partial charge in [0, 0.05) is 23.7 Å². The Morgan fingerprint density at radius 1 is 0.667 bits per heavy atom. The van der Waals surface area contributed by atoms with Crippen LogP contribution in [0.5, 0.6) is 0 Å². The number of hydrogen-bond donors (Lipinski definition) is 0. The van der Waals surface area contributed by atoms with E-state index in [-0.39, 0.29) is 19.5 Å². The monoisotopic (exact) mass is 446 g/mol. The van der Waals surface area contributed by atoms with Crippen molar-refractivity contribution in [2.75, 3.05) is 11.5 Å². The van der Waals surface area contributed by atoms with Crippen LogP contribution in [0.2, 0.25) is 12.1 Å². The second-order valence-corrected chi connectivity index (χ2v) is 15.0. The van der Waals surface area contributed by atoms with E-state index in [2.05, 4.69) is 27.7 Å². The molecule has 0 saturated heterocycles. The van der Waals surface area contributed by atoms with E-state index in [9.17, 15) is 0 Å². The summed E-state index contributed by atoms with van der Waals surface area (Å²) < 4.78 is 11.9. The van der Waals surface area contributed by atoms with Gasteiger partial charge in [0.05, 0.1) is 0 Å². The molecule has 24 heavy (non-hydrogen) atoms.